The first kappa shape index (κ1) is 17.4. The Hall–Kier alpha value is -2.39. The van der Waals surface area contributed by atoms with E-state index in [4.69, 9.17) is 4.42 Å². The number of hydrogen-bond acceptors (Lipinski definition) is 3. The number of benzene rings is 2. The Labute approximate surface area is 148 Å². The quantitative estimate of drug-likeness (QED) is 0.655. The maximum Gasteiger partial charge on any atom is 0.336 e. The molecule has 0 saturated heterocycles. The molecule has 25 heavy (non-hydrogen) atoms. The first-order chi connectivity index (χ1) is 12.1. The fourth-order valence-electron chi connectivity index (χ4n) is 3.26. The molecule has 3 nitrogen and oxygen atoms in total. The molecule has 0 radical (unpaired) electrons. The molecule has 0 aliphatic heterocycles. The van der Waals surface area contributed by atoms with Crippen LogP contribution in [0.2, 0.25) is 0 Å². The normalized spacial score (nSPS) is 12.6. The van der Waals surface area contributed by atoms with Crippen LogP contribution >= 0.6 is 0 Å². The Balaban J connectivity index is 1.90. The summed E-state index contributed by atoms with van der Waals surface area (Å²) in [5.41, 5.74) is 3.79. The van der Waals surface area contributed by atoms with Crippen LogP contribution in [0.3, 0.4) is 0 Å². The lowest BCUT2D eigenvalue weighted by molar-refractivity contribution is 0.410. The van der Waals surface area contributed by atoms with Crippen molar-refractivity contribution in [3.63, 3.8) is 0 Å². The highest BCUT2D eigenvalue weighted by molar-refractivity contribution is 5.80. The molecule has 0 bridgehead atoms. The van der Waals surface area contributed by atoms with Crippen molar-refractivity contribution >= 4 is 11.0 Å². The van der Waals surface area contributed by atoms with E-state index in [1.54, 1.807) is 6.07 Å². The smallest absolute Gasteiger partial charge is 0.336 e. The molecule has 0 amide bonds. The van der Waals surface area contributed by atoms with Crippen molar-refractivity contribution in [2.75, 3.05) is 0 Å². The third-order valence-electron chi connectivity index (χ3n) is 4.64. The fraction of sp³-hybridized carbons (Fsp3) is 0.318. The molecule has 0 unspecified atom stereocenters. The average Bonchev–Trinajstić information content (AvgIpc) is 2.61. The predicted molar refractivity (Wildman–Crippen MR) is 103 cm³/mol. The predicted octanol–water partition coefficient (Wildman–Crippen LogP) is 4.84. The summed E-state index contributed by atoms with van der Waals surface area (Å²) in [5, 5.41) is 4.62. The highest BCUT2D eigenvalue weighted by Crippen LogP contribution is 2.24. The van der Waals surface area contributed by atoms with Gasteiger partial charge in [-0.25, -0.2) is 4.79 Å². The van der Waals surface area contributed by atoms with Gasteiger partial charge in [-0.05, 0) is 35.1 Å². The summed E-state index contributed by atoms with van der Waals surface area (Å²) in [6, 6.07) is 18.4. The van der Waals surface area contributed by atoms with Crippen molar-refractivity contribution < 1.29 is 4.42 Å². The van der Waals surface area contributed by atoms with Crippen LogP contribution in [-0.4, -0.2) is 0 Å². The van der Waals surface area contributed by atoms with E-state index in [-0.39, 0.29) is 11.7 Å². The number of rotatable bonds is 6. The van der Waals surface area contributed by atoms with Crippen LogP contribution in [0, 0.1) is 5.92 Å². The molecule has 1 atom stereocenters. The molecule has 0 saturated carbocycles. The Morgan fingerprint density at radius 3 is 2.48 bits per heavy atom. The van der Waals surface area contributed by atoms with Gasteiger partial charge >= 0.3 is 5.63 Å². The van der Waals surface area contributed by atoms with Gasteiger partial charge in [0.25, 0.3) is 0 Å². The summed E-state index contributed by atoms with van der Waals surface area (Å²) in [4.78, 5) is 12.0. The van der Waals surface area contributed by atoms with Crippen LogP contribution in [-0.2, 0) is 13.0 Å². The largest absolute Gasteiger partial charge is 0.423 e. The zero-order valence-corrected chi connectivity index (χ0v) is 15.1. The molecular formula is C22H25NO2. The van der Waals surface area contributed by atoms with Gasteiger partial charge in [-0.15, -0.1) is 0 Å². The van der Waals surface area contributed by atoms with Crippen molar-refractivity contribution in [1.82, 2.24) is 5.32 Å². The third-order valence-corrected chi connectivity index (χ3v) is 4.64. The van der Waals surface area contributed by atoms with Gasteiger partial charge < -0.3 is 9.73 Å². The lowest BCUT2D eigenvalue weighted by Gasteiger charge is -2.23. The lowest BCUT2D eigenvalue weighted by Crippen LogP contribution is -2.25. The average molecular weight is 335 g/mol. The monoisotopic (exact) mass is 335 g/mol. The van der Waals surface area contributed by atoms with Gasteiger partial charge in [0.1, 0.15) is 5.58 Å². The second-order valence-corrected chi connectivity index (χ2v) is 6.79. The van der Waals surface area contributed by atoms with Crippen molar-refractivity contribution in [3.8, 4) is 0 Å². The molecule has 3 aromatic rings. The first-order valence-corrected chi connectivity index (χ1v) is 8.92. The molecule has 3 heteroatoms. The molecular weight excluding hydrogens is 310 g/mol. The van der Waals surface area contributed by atoms with Gasteiger partial charge in [-0.2, -0.15) is 0 Å². The fourth-order valence-corrected chi connectivity index (χ4v) is 3.26. The van der Waals surface area contributed by atoms with E-state index in [1.165, 1.54) is 11.1 Å². The van der Waals surface area contributed by atoms with E-state index in [2.05, 4.69) is 62.5 Å². The van der Waals surface area contributed by atoms with Crippen molar-refractivity contribution in [3.05, 3.63) is 81.7 Å². The number of fused-ring (bicyclic) bond motifs is 1. The second-order valence-electron chi connectivity index (χ2n) is 6.79. The Morgan fingerprint density at radius 1 is 1.04 bits per heavy atom. The Bertz CT molecular complexity index is 897. The molecule has 1 heterocycles. The van der Waals surface area contributed by atoms with E-state index < -0.39 is 0 Å². The van der Waals surface area contributed by atoms with Crippen LogP contribution in [0.1, 0.15) is 43.5 Å². The molecule has 0 aliphatic carbocycles. The molecule has 3 rings (SSSR count). The summed E-state index contributed by atoms with van der Waals surface area (Å²) in [6.45, 7) is 7.13. The molecule has 0 fully saturated rings. The summed E-state index contributed by atoms with van der Waals surface area (Å²) < 4.78 is 5.40. The lowest BCUT2D eigenvalue weighted by atomic mass is 9.95. The minimum Gasteiger partial charge on any atom is -0.423 e. The van der Waals surface area contributed by atoms with Gasteiger partial charge in [0, 0.05) is 24.0 Å². The summed E-state index contributed by atoms with van der Waals surface area (Å²) in [7, 11) is 0. The maximum absolute atomic E-state index is 12.0. The van der Waals surface area contributed by atoms with Gasteiger partial charge in [0.15, 0.2) is 0 Å². The molecule has 130 valence electrons. The van der Waals surface area contributed by atoms with Crippen molar-refractivity contribution in [2.24, 2.45) is 5.92 Å². The molecule has 1 aromatic heterocycles. The van der Waals surface area contributed by atoms with E-state index in [1.807, 2.05) is 12.1 Å². The van der Waals surface area contributed by atoms with Crippen LogP contribution in [0.4, 0.5) is 0 Å². The van der Waals surface area contributed by atoms with Crippen molar-refractivity contribution in [2.45, 2.75) is 39.8 Å². The Kier molecular flexibility index (Phi) is 5.34. The van der Waals surface area contributed by atoms with Crippen LogP contribution in [0.15, 0.2) is 63.8 Å². The highest BCUT2D eigenvalue weighted by Gasteiger charge is 2.16. The second kappa shape index (κ2) is 7.66. The molecule has 2 aromatic carbocycles. The van der Waals surface area contributed by atoms with Crippen LogP contribution < -0.4 is 10.9 Å². The van der Waals surface area contributed by atoms with Crippen LogP contribution in [0.25, 0.3) is 11.0 Å². The standard InChI is InChI=1S/C22H25NO2/c1-4-16-10-11-19-18(13-21(24)25-20(19)12-16)14-23-22(15(2)3)17-8-6-5-7-9-17/h5-13,15,22-23H,4,14H2,1-3H3/t22-/m1/s1. The van der Waals surface area contributed by atoms with Gasteiger partial charge in [-0.1, -0.05) is 63.2 Å². The van der Waals surface area contributed by atoms with E-state index >= 15 is 0 Å². The van der Waals surface area contributed by atoms with Gasteiger partial charge in [-0.3, -0.25) is 0 Å². The summed E-state index contributed by atoms with van der Waals surface area (Å²) in [6.07, 6.45) is 0.922. The SMILES string of the molecule is CCc1ccc2c(CN[C@@H](c3ccccc3)C(C)C)cc(=O)oc2c1. The zero-order valence-electron chi connectivity index (χ0n) is 15.1. The van der Waals surface area contributed by atoms with Gasteiger partial charge in [0.05, 0.1) is 0 Å². The van der Waals surface area contributed by atoms with Gasteiger partial charge in [0.2, 0.25) is 0 Å². The molecule has 1 N–H and O–H groups in total. The minimum atomic E-state index is -0.293. The van der Waals surface area contributed by atoms with E-state index in [0.717, 1.165) is 17.4 Å². The van der Waals surface area contributed by atoms with Crippen LogP contribution in [0.5, 0.6) is 0 Å². The minimum absolute atomic E-state index is 0.235. The highest BCUT2D eigenvalue weighted by atomic mass is 16.4. The number of aryl methyl sites for hydroxylation is 1. The first-order valence-electron chi connectivity index (χ1n) is 8.92. The summed E-state index contributed by atoms with van der Waals surface area (Å²) in [5.74, 6) is 0.445. The van der Waals surface area contributed by atoms with E-state index in [0.29, 0.717) is 18.0 Å². The molecule has 0 spiro atoms. The Morgan fingerprint density at radius 2 is 1.80 bits per heavy atom. The van der Waals surface area contributed by atoms with E-state index in [9.17, 15) is 4.79 Å². The summed E-state index contributed by atoms with van der Waals surface area (Å²) >= 11 is 0. The number of hydrogen-bond donors (Lipinski definition) is 1. The number of nitrogens with one attached hydrogen (secondary N) is 1. The zero-order chi connectivity index (χ0) is 17.8. The maximum atomic E-state index is 12.0. The van der Waals surface area contributed by atoms with Crippen molar-refractivity contribution in [1.29, 1.82) is 0 Å². The third kappa shape index (κ3) is 3.99. The molecule has 0 aliphatic rings. The topological polar surface area (TPSA) is 42.2 Å².